The molecule has 1 aromatic carbocycles. The zero-order valence-electron chi connectivity index (χ0n) is 12.6. The van der Waals surface area contributed by atoms with Gasteiger partial charge >= 0.3 is 0 Å². The molecule has 0 aliphatic carbocycles. The lowest BCUT2D eigenvalue weighted by Crippen LogP contribution is -2.18. The number of hydrogen-bond donors (Lipinski definition) is 0. The summed E-state index contributed by atoms with van der Waals surface area (Å²) in [5.41, 5.74) is 4.39. The van der Waals surface area contributed by atoms with E-state index in [2.05, 4.69) is 90.0 Å². The molecule has 0 heterocycles. The maximum atomic E-state index is 2.50. The lowest BCUT2D eigenvalue weighted by atomic mass is 9.93. The largest absolute Gasteiger partial charge is 0.276 e. The molecule has 1 rings (SSSR count). The molecule has 0 bridgehead atoms. The predicted octanol–water partition coefficient (Wildman–Crippen LogP) is 5.70. The lowest BCUT2D eigenvalue weighted by molar-refractivity contribution is 0.838. The number of halogens is 1. The maximum Gasteiger partial charge on any atom is 0.0697 e. The quantitative estimate of drug-likeness (QED) is 0.479. The average molecular weight is 379 g/mol. The maximum absolute atomic E-state index is 2.50. The number of benzene rings is 1. The highest BCUT2D eigenvalue weighted by atomic mass is 127. The van der Waals surface area contributed by atoms with Gasteiger partial charge in [0.05, 0.1) is 28.6 Å². The Morgan fingerprint density at radius 1 is 0.944 bits per heavy atom. The van der Waals surface area contributed by atoms with E-state index >= 15 is 0 Å². The fourth-order valence-electron chi connectivity index (χ4n) is 1.99. The van der Waals surface area contributed by atoms with Crippen molar-refractivity contribution in [1.29, 1.82) is 0 Å². The molecule has 0 amide bonds. The molecule has 3 heteroatoms. The molecule has 0 N–H and O–H groups in total. The first-order valence-electron chi connectivity index (χ1n) is 6.43. The van der Waals surface area contributed by atoms with Crippen molar-refractivity contribution in [2.24, 2.45) is 0 Å². The highest BCUT2D eigenvalue weighted by Gasteiger charge is 2.23. The van der Waals surface area contributed by atoms with Gasteiger partial charge in [-0.25, -0.2) is 0 Å². The molecular formula is C15H26INS. The molecule has 18 heavy (non-hydrogen) atoms. The van der Waals surface area contributed by atoms with Crippen LogP contribution in [0.1, 0.15) is 50.7 Å². The van der Waals surface area contributed by atoms with E-state index in [1.807, 2.05) is 0 Å². The second-order valence-electron chi connectivity index (χ2n) is 6.11. The van der Waals surface area contributed by atoms with Crippen LogP contribution in [0.25, 0.3) is 0 Å². The van der Waals surface area contributed by atoms with Gasteiger partial charge in [0, 0.05) is 0 Å². The number of anilines is 1. The smallest absolute Gasteiger partial charge is 0.0697 e. The minimum Gasteiger partial charge on any atom is -0.276 e. The molecule has 1 nitrogen and oxygen atoms in total. The van der Waals surface area contributed by atoms with E-state index in [4.69, 9.17) is 0 Å². The monoisotopic (exact) mass is 379 g/mol. The lowest BCUT2D eigenvalue weighted by Gasteiger charge is -2.39. The standard InChI is InChI=1S/C15H26INS/c1-11(2)13-9-8-10-14(12(3)4)15(13)17(16)18(5,6)7/h8-12H,1-7H3. The normalized spacial score (nSPS) is 13.2. The van der Waals surface area contributed by atoms with Crippen LogP contribution in [0, 0.1) is 0 Å². The second-order valence-corrected chi connectivity index (χ2v) is 11.6. The van der Waals surface area contributed by atoms with E-state index in [1.165, 1.54) is 16.8 Å². The Morgan fingerprint density at radius 3 is 1.61 bits per heavy atom. The van der Waals surface area contributed by atoms with E-state index in [0.29, 0.717) is 11.8 Å². The van der Waals surface area contributed by atoms with Crippen LogP contribution in [-0.2, 0) is 0 Å². The van der Waals surface area contributed by atoms with E-state index < -0.39 is 10.2 Å². The highest BCUT2D eigenvalue weighted by Crippen LogP contribution is 2.51. The van der Waals surface area contributed by atoms with E-state index in [1.54, 1.807) is 0 Å². The Kier molecular flexibility index (Phi) is 5.42. The summed E-state index contributed by atoms with van der Waals surface area (Å²) in [5.74, 6) is 1.13. The molecule has 0 saturated heterocycles. The van der Waals surface area contributed by atoms with Gasteiger partial charge in [0.2, 0.25) is 0 Å². The molecular weight excluding hydrogens is 353 g/mol. The molecule has 1 aromatic rings. The summed E-state index contributed by atoms with van der Waals surface area (Å²) in [6.45, 7) is 9.13. The number of nitrogens with zero attached hydrogens (tertiary/aromatic N) is 1. The van der Waals surface area contributed by atoms with E-state index in [-0.39, 0.29) is 0 Å². The summed E-state index contributed by atoms with van der Waals surface area (Å²) in [4.78, 5) is 0. The van der Waals surface area contributed by atoms with Crippen molar-refractivity contribution >= 4 is 38.8 Å². The SMILES string of the molecule is CC(C)c1cccc(C(C)C)c1N(I)S(C)(C)C. The minimum atomic E-state index is -0.748. The molecule has 0 saturated carbocycles. The zero-order chi connectivity index (χ0) is 14.1. The van der Waals surface area contributed by atoms with Gasteiger partial charge in [-0.2, -0.15) is 10.2 Å². The van der Waals surface area contributed by atoms with Gasteiger partial charge in [0.15, 0.2) is 0 Å². The summed E-state index contributed by atoms with van der Waals surface area (Å²) in [6.07, 6.45) is 7.04. The molecule has 0 aliphatic rings. The second kappa shape index (κ2) is 6.04. The Morgan fingerprint density at radius 2 is 1.33 bits per heavy atom. The Hall–Kier alpha value is 0.100. The van der Waals surface area contributed by atoms with Crippen molar-refractivity contribution in [3.05, 3.63) is 29.3 Å². The van der Waals surface area contributed by atoms with Crippen molar-refractivity contribution in [3.8, 4) is 0 Å². The molecule has 0 fully saturated rings. The Balaban J connectivity index is 3.45. The van der Waals surface area contributed by atoms with Gasteiger partial charge < -0.3 is 0 Å². The van der Waals surface area contributed by atoms with Gasteiger partial charge in [-0.1, -0.05) is 45.9 Å². The first-order valence-corrected chi connectivity index (χ1v) is 10.2. The van der Waals surface area contributed by atoms with Crippen LogP contribution in [-0.4, -0.2) is 18.8 Å². The zero-order valence-corrected chi connectivity index (χ0v) is 15.6. The fraction of sp³-hybridized carbons (Fsp3) is 0.600. The first kappa shape index (κ1) is 16.2. The van der Waals surface area contributed by atoms with Crippen molar-refractivity contribution in [1.82, 2.24) is 0 Å². The summed E-state index contributed by atoms with van der Waals surface area (Å²) < 4.78 is 2.48. The molecule has 104 valence electrons. The van der Waals surface area contributed by atoms with Crippen molar-refractivity contribution < 1.29 is 0 Å². The first-order chi connectivity index (χ1) is 8.16. The molecule has 0 spiro atoms. The van der Waals surface area contributed by atoms with Crippen LogP contribution < -0.4 is 2.52 Å². The summed E-state index contributed by atoms with van der Waals surface area (Å²) >= 11 is 2.50. The molecule has 0 unspecified atom stereocenters. The van der Waals surface area contributed by atoms with Crippen LogP contribution >= 0.6 is 33.1 Å². The minimum absolute atomic E-state index is 0.567. The summed E-state index contributed by atoms with van der Waals surface area (Å²) in [6, 6.07) is 6.77. The third-order valence-corrected chi connectivity index (χ3v) is 8.17. The Bertz CT molecular complexity index is 381. The van der Waals surface area contributed by atoms with Gasteiger partial charge in [-0.3, -0.25) is 2.52 Å². The average Bonchev–Trinajstić information content (AvgIpc) is 2.25. The van der Waals surface area contributed by atoms with Crippen molar-refractivity contribution in [3.63, 3.8) is 0 Å². The van der Waals surface area contributed by atoms with Crippen LogP contribution in [0.15, 0.2) is 18.2 Å². The van der Waals surface area contributed by atoms with Gasteiger partial charge in [0.1, 0.15) is 0 Å². The Labute approximate surface area is 128 Å². The third-order valence-electron chi connectivity index (χ3n) is 3.00. The van der Waals surface area contributed by atoms with Crippen molar-refractivity contribution in [2.75, 3.05) is 21.3 Å². The summed E-state index contributed by atoms with van der Waals surface area (Å²) in [7, 11) is -0.748. The molecule has 0 radical (unpaired) electrons. The summed E-state index contributed by atoms with van der Waals surface area (Å²) in [5, 5.41) is 0. The van der Waals surface area contributed by atoms with Crippen LogP contribution in [0.5, 0.6) is 0 Å². The van der Waals surface area contributed by atoms with Gasteiger partial charge in [0.25, 0.3) is 0 Å². The number of hydrogen-bond acceptors (Lipinski definition) is 1. The molecule has 0 aromatic heterocycles. The van der Waals surface area contributed by atoms with Crippen LogP contribution in [0.2, 0.25) is 0 Å². The van der Waals surface area contributed by atoms with Crippen molar-refractivity contribution in [2.45, 2.75) is 39.5 Å². The van der Waals surface area contributed by atoms with E-state index in [0.717, 1.165) is 0 Å². The third kappa shape index (κ3) is 3.56. The molecule has 0 atom stereocenters. The topological polar surface area (TPSA) is 3.24 Å². The van der Waals surface area contributed by atoms with E-state index in [9.17, 15) is 0 Å². The van der Waals surface area contributed by atoms with Gasteiger partial charge in [-0.05, 0) is 41.7 Å². The fourth-order valence-corrected chi connectivity index (χ4v) is 3.30. The van der Waals surface area contributed by atoms with Gasteiger partial charge in [-0.15, -0.1) is 0 Å². The van der Waals surface area contributed by atoms with Crippen LogP contribution in [0.3, 0.4) is 0 Å². The number of para-hydroxylation sites is 1. The highest BCUT2D eigenvalue weighted by molar-refractivity contribution is 14.1. The molecule has 0 aliphatic heterocycles. The number of rotatable bonds is 4. The predicted molar refractivity (Wildman–Crippen MR) is 96.5 cm³/mol. The van der Waals surface area contributed by atoms with Crippen LogP contribution in [0.4, 0.5) is 5.69 Å².